The average molecular weight is 234 g/mol. The molecule has 82 valence electrons. The summed E-state index contributed by atoms with van der Waals surface area (Å²) in [6.45, 7) is 1.89. The standard InChI is InChI=1S/C10H10N4OS/c1-6-8(7-2-4-12-5-3-7)16-10(13-6)14-9(11)15/h2-5H,1H3,(H3,11,13,14,15). The molecule has 2 aromatic rings. The van der Waals surface area contributed by atoms with Crippen LogP contribution in [-0.4, -0.2) is 16.0 Å². The number of hydrogen-bond acceptors (Lipinski definition) is 4. The molecule has 2 aromatic heterocycles. The lowest BCUT2D eigenvalue weighted by atomic mass is 10.2. The average Bonchev–Trinajstić information content (AvgIpc) is 2.60. The number of nitrogens with two attached hydrogens (primary N) is 1. The molecule has 5 nitrogen and oxygen atoms in total. The van der Waals surface area contributed by atoms with Crippen molar-refractivity contribution in [2.75, 3.05) is 5.32 Å². The lowest BCUT2D eigenvalue weighted by Crippen LogP contribution is -2.18. The quantitative estimate of drug-likeness (QED) is 0.833. The van der Waals surface area contributed by atoms with Crippen molar-refractivity contribution in [3.8, 4) is 10.4 Å². The van der Waals surface area contributed by atoms with Gasteiger partial charge in [0.25, 0.3) is 0 Å². The minimum absolute atomic E-state index is 0.511. The summed E-state index contributed by atoms with van der Waals surface area (Å²) in [6, 6.07) is 3.19. The molecule has 2 heterocycles. The van der Waals surface area contributed by atoms with E-state index in [4.69, 9.17) is 5.73 Å². The summed E-state index contributed by atoms with van der Waals surface area (Å²) in [6.07, 6.45) is 3.44. The van der Waals surface area contributed by atoms with E-state index in [0.717, 1.165) is 16.1 Å². The van der Waals surface area contributed by atoms with Crippen LogP contribution in [0.1, 0.15) is 5.69 Å². The number of nitrogens with zero attached hydrogens (tertiary/aromatic N) is 2. The Morgan fingerprint density at radius 2 is 2.12 bits per heavy atom. The van der Waals surface area contributed by atoms with E-state index in [1.807, 2.05) is 19.1 Å². The molecule has 0 bridgehead atoms. The fourth-order valence-corrected chi connectivity index (χ4v) is 2.30. The van der Waals surface area contributed by atoms with E-state index in [1.165, 1.54) is 11.3 Å². The van der Waals surface area contributed by atoms with E-state index in [0.29, 0.717) is 5.13 Å². The molecule has 0 aromatic carbocycles. The van der Waals surface area contributed by atoms with Crippen molar-refractivity contribution < 1.29 is 4.79 Å². The van der Waals surface area contributed by atoms with Crippen molar-refractivity contribution in [2.45, 2.75) is 6.92 Å². The van der Waals surface area contributed by atoms with Gasteiger partial charge in [0.2, 0.25) is 0 Å². The first kappa shape index (κ1) is 10.6. The highest BCUT2D eigenvalue weighted by molar-refractivity contribution is 7.19. The number of carbonyl (C=O) groups excluding carboxylic acids is 1. The lowest BCUT2D eigenvalue weighted by molar-refractivity contribution is 0.259. The number of carbonyl (C=O) groups is 1. The maximum atomic E-state index is 10.7. The third-order valence-electron chi connectivity index (χ3n) is 1.97. The molecule has 3 N–H and O–H groups in total. The van der Waals surface area contributed by atoms with Crippen LogP contribution in [0, 0.1) is 6.92 Å². The molecule has 0 radical (unpaired) electrons. The van der Waals surface area contributed by atoms with Crippen LogP contribution in [-0.2, 0) is 0 Å². The highest BCUT2D eigenvalue weighted by atomic mass is 32.1. The summed E-state index contributed by atoms with van der Waals surface area (Å²) in [5.41, 5.74) is 6.92. The van der Waals surface area contributed by atoms with Crippen molar-refractivity contribution >= 4 is 22.5 Å². The predicted molar refractivity (Wildman–Crippen MR) is 63.3 cm³/mol. The summed E-state index contributed by atoms with van der Waals surface area (Å²) in [5.74, 6) is 0. The number of hydrogen-bond donors (Lipinski definition) is 2. The molecule has 16 heavy (non-hydrogen) atoms. The monoisotopic (exact) mass is 234 g/mol. The van der Waals surface area contributed by atoms with Gasteiger partial charge in [0, 0.05) is 12.4 Å². The Bertz CT molecular complexity index is 509. The molecule has 0 aliphatic carbocycles. The molecule has 6 heteroatoms. The van der Waals surface area contributed by atoms with Crippen LogP contribution < -0.4 is 11.1 Å². The number of aromatic nitrogens is 2. The van der Waals surface area contributed by atoms with Crippen molar-refractivity contribution in [1.29, 1.82) is 0 Å². The van der Waals surface area contributed by atoms with Crippen LogP contribution in [0.2, 0.25) is 0 Å². The Morgan fingerprint density at radius 1 is 1.44 bits per heavy atom. The van der Waals surface area contributed by atoms with Gasteiger partial charge in [-0.15, -0.1) is 0 Å². The number of anilines is 1. The van der Waals surface area contributed by atoms with Gasteiger partial charge in [0.15, 0.2) is 5.13 Å². The van der Waals surface area contributed by atoms with Gasteiger partial charge in [-0.05, 0) is 24.6 Å². The predicted octanol–water partition coefficient (Wildman–Crippen LogP) is 2.00. The van der Waals surface area contributed by atoms with Crippen LogP contribution in [0.15, 0.2) is 24.5 Å². The van der Waals surface area contributed by atoms with Crippen LogP contribution >= 0.6 is 11.3 Å². The lowest BCUT2D eigenvalue weighted by Gasteiger charge is -1.95. The first-order chi connectivity index (χ1) is 7.66. The van der Waals surface area contributed by atoms with Gasteiger partial charge in [-0.3, -0.25) is 10.3 Å². The fraction of sp³-hybridized carbons (Fsp3) is 0.100. The van der Waals surface area contributed by atoms with Crippen molar-refractivity contribution in [3.05, 3.63) is 30.2 Å². The van der Waals surface area contributed by atoms with Gasteiger partial charge in [-0.2, -0.15) is 0 Å². The first-order valence-corrected chi connectivity index (χ1v) is 5.43. The minimum Gasteiger partial charge on any atom is -0.351 e. The molecule has 0 unspecified atom stereocenters. The van der Waals surface area contributed by atoms with E-state index in [-0.39, 0.29) is 0 Å². The number of primary amides is 1. The van der Waals surface area contributed by atoms with Crippen molar-refractivity contribution in [2.24, 2.45) is 5.73 Å². The van der Waals surface area contributed by atoms with E-state index in [1.54, 1.807) is 12.4 Å². The summed E-state index contributed by atoms with van der Waals surface area (Å²) < 4.78 is 0. The zero-order chi connectivity index (χ0) is 11.5. The molecule has 2 amide bonds. The summed E-state index contributed by atoms with van der Waals surface area (Å²) in [5, 5.41) is 2.98. The van der Waals surface area contributed by atoms with Gasteiger partial charge in [-0.1, -0.05) is 11.3 Å². The Kier molecular flexibility index (Phi) is 2.82. The second kappa shape index (κ2) is 4.28. The molecule has 0 spiro atoms. The largest absolute Gasteiger partial charge is 0.351 e. The molecule has 0 aliphatic heterocycles. The second-order valence-corrected chi connectivity index (χ2v) is 4.16. The topological polar surface area (TPSA) is 80.9 Å². The van der Waals surface area contributed by atoms with Gasteiger partial charge >= 0.3 is 6.03 Å². The van der Waals surface area contributed by atoms with Gasteiger partial charge in [0.05, 0.1) is 10.6 Å². The molecule has 0 atom stereocenters. The maximum Gasteiger partial charge on any atom is 0.318 e. The Labute approximate surface area is 96.3 Å². The molecule has 2 rings (SSSR count). The molecule has 0 fully saturated rings. The van der Waals surface area contributed by atoms with E-state index >= 15 is 0 Å². The number of amides is 2. The second-order valence-electron chi connectivity index (χ2n) is 3.16. The highest BCUT2D eigenvalue weighted by Crippen LogP contribution is 2.31. The SMILES string of the molecule is Cc1nc(NC(N)=O)sc1-c1ccncc1. The smallest absolute Gasteiger partial charge is 0.318 e. The number of pyridine rings is 1. The van der Waals surface area contributed by atoms with E-state index in [2.05, 4.69) is 15.3 Å². The molecule has 0 aliphatic rings. The molecule has 0 saturated carbocycles. The third kappa shape index (κ3) is 2.17. The van der Waals surface area contributed by atoms with Crippen LogP contribution in [0.25, 0.3) is 10.4 Å². The Hall–Kier alpha value is -1.95. The highest BCUT2D eigenvalue weighted by Gasteiger charge is 2.10. The molecular formula is C10H10N4OS. The molecular weight excluding hydrogens is 224 g/mol. The van der Waals surface area contributed by atoms with Crippen LogP contribution in [0.4, 0.5) is 9.93 Å². The number of nitrogens with one attached hydrogen (secondary N) is 1. The number of urea groups is 1. The van der Waals surface area contributed by atoms with Gasteiger partial charge < -0.3 is 5.73 Å². The minimum atomic E-state index is -0.602. The van der Waals surface area contributed by atoms with Crippen LogP contribution in [0.5, 0.6) is 0 Å². The fourth-order valence-electron chi connectivity index (χ4n) is 1.33. The number of thiazole rings is 1. The molecule has 0 saturated heterocycles. The zero-order valence-electron chi connectivity index (χ0n) is 8.60. The third-order valence-corrected chi connectivity index (χ3v) is 3.09. The number of aryl methyl sites for hydroxylation is 1. The Morgan fingerprint density at radius 3 is 2.75 bits per heavy atom. The summed E-state index contributed by atoms with van der Waals surface area (Å²) >= 11 is 1.39. The summed E-state index contributed by atoms with van der Waals surface area (Å²) in [4.78, 5) is 19.9. The van der Waals surface area contributed by atoms with Gasteiger partial charge in [0.1, 0.15) is 0 Å². The number of rotatable bonds is 2. The first-order valence-electron chi connectivity index (χ1n) is 4.61. The van der Waals surface area contributed by atoms with Gasteiger partial charge in [-0.25, -0.2) is 9.78 Å². The maximum absolute atomic E-state index is 10.7. The van der Waals surface area contributed by atoms with Crippen molar-refractivity contribution in [1.82, 2.24) is 9.97 Å². The van der Waals surface area contributed by atoms with Crippen molar-refractivity contribution in [3.63, 3.8) is 0 Å². The Balaban J connectivity index is 2.36. The normalized spacial score (nSPS) is 10.1. The van der Waals surface area contributed by atoms with E-state index in [9.17, 15) is 4.79 Å². The zero-order valence-corrected chi connectivity index (χ0v) is 9.41. The van der Waals surface area contributed by atoms with E-state index < -0.39 is 6.03 Å². The van der Waals surface area contributed by atoms with Crippen LogP contribution in [0.3, 0.4) is 0 Å². The summed E-state index contributed by atoms with van der Waals surface area (Å²) in [7, 11) is 0.